The topological polar surface area (TPSA) is 64.2 Å². The number of nitrogens with two attached hydrogens (primary N) is 1. The molecule has 2 unspecified atom stereocenters. The van der Waals surface area contributed by atoms with Gasteiger partial charge in [-0.15, -0.1) is 0 Å². The minimum atomic E-state index is -0.253. The maximum absolute atomic E-state index is 11.8. The lowest BCUT2D eigenvalue weighted by molar-refractivity contribution is 0.364. The summed E-state index contributed by atoms with van der Waals surface area (Å²) in [6.45, 7) is 3.77. The number of aryl methyl sites for hydroxylation is 1. The third-order valence-corrected chi connectivity index (χ3v) is 3.96. The molecule has 0 amide bonds. The molecule has 2 atom stereocenters. The van der Waals surface area contributed by atoms with E-state index in [0.29, 0.717) is 5.92 Å². The van der Waals surface area contributed by atoms with Crippen LogP contribution in [0.25, 0.3) is 0 Å². The summed E-state index contributed by atoms with van der Waals surface area (Å²) in [7, 11) is 1.60. The Morgan fingerprint density at radius 2 is 2.33 bits per heavy atom. The smallest absolute Gasteiger partial charge is 0.287 e. The molecule has 6 heteroatoms. The largest absolute Gasteiger partial charge is 0.369 e. The minimum Gasteiger partial charge on any atom is -0.369 e. The average molecular weight is 271 g/mol. The van der Waals surface area contributed by atoms with E-state index >= 15 is 0 Å². The lowest BCUT2D eigenvalue weighted by atomic mass is 9.92. The number of hydrogen-bond donors (Lipinski definition) is 1. The van der Waals surface area contributed by atoms with Gasteiger partial charge in [-0.2, -0.15) is 5.10 Å². The van der Waals surface area contributed by atoms with E-state index in [2.05, 4.69) is 10.00 Å². The van der Waals surface area contributed by atoms with Crippen molar-refractivity contribution < 1.29 is 0 Å². The van der Waals surface area contributed by atoms with Crippen LogP contribution in [0.4, 0.5) is 5.69 Å². The lowest BCUT2D eigenvalue weighted by Crippen LogP contribution is -2.43. The van der Waals surface area contributed by atoms with Gasteiger partial charge in [0.1, 0.15) is 5.02 Å². The van der Waals surface area contributed by atoms with Crippen LogP contribution in [0.2, 0.25) is 5.02 Å². The SMILES string of the molecule is CC(N)C1CCCN(c2cnn(C)c(=O)c2Cl)C1. The van der Waals surface area contributed by atoms with Gasteiger partial charge in [0.15, 0.2) is 0 Å². The van der Waals surface area contributed by atoms with Gasteiger partial charge in [0.2, 0.25) is 0 Å². The number of halogens is 1. The van der Waals surface area contributed by atoms with Gasteiger partial charge in [-0.1, -0.05) is 11.6 Å². The number of piperidine rings is 1. The van der Waals surface area contributed by atoms with E-state index in [1.807, 2.05) is 6.92 Å². The molecule has 1 aromatic rings. The van der Waals surface area contributed by atoms with Crippen LogP contribution in [0, 0.1) is 5.92 Å². The molecule has 0 radical (unpaired) electrons. The van der Waals surface area contributed by atoms with E-state index in [1.165, 1.54) is 4.68 Å². The predicted molar refractivity (Wildman–Crippen MR) is 73.1 cm³/mol. The molecule has 2 N–H and O–H groups in total. The molecular weight excluding hydrogens is 252 g/mol. The van der Waals surface area contributed by atoms with Gasteiger partial charge in [-0.3, -0.25) is 4.79 Å². The third-order valence-electron chi connectivity index (χ3n) is 3.60. The molecule has 2 rings (SSSR count). The first-order valence-corrected chi connectivity index (χ1v) is 6.61. The van der Waals surface area contributed by atoms with E-state index in [0.717, 1.165) is 31.6 Å². The standard InChI is InChI=1S/C12H19ClN4O/c1-8(14)9-4-3-5-17(7-9)10-6-15-16(2)12(18)11(10)13/h6,8-9H,3-5,7,14H2,1-2H3. The van der Waals surface area contributed by atoms with Gasteiger partial charge in [0, 0.05) is 26.2 Å². The molecule has 0 spiro atoms. The van der Waals surface area contributed by atoms with Crippen LogP contribution < -0.4 is 16.2 Å². The van der Waals surface area contributed by atoms with E-state index in [1.54, 1.807) is 13.2 Å². The van der Waals surface area contributed by atoms with Crippen molar-refractivity contribution in [2.45, 2.75) is 25.8 Å². The molecule has 2 heterocycles. The summed E-state index contributed by atoms with van der Waals surface area (Å²) in [5, 5.41) is 4.28. The van der Waals surface area contributed by atoms with Crippen LogP contribution in [-0.4, -0.2) is 28.9 Å². The molecule has 1 aromatic heterocycles. The zero-order valence-electron chi connectivity index (χ0n) is 10.8. The summed E-state index contributed by atoms with van der Waals surface area (Å²) >= 11 is 6.11. The van der Waals surface area contributed by atoms with E-state index in [4.69, 9.17) is 17.3 Å². The Labute approximate surface area is 112 Å². The number of hydrogen-bond acceptors (Lipinski definition) is 4. The van der Waals surface area contributed by atoms with Gasteiger partial charge < -0.3 is 10.6 Å². The van der Waals surface area contributed by atoms with Gasteiger partial charge >= 0.3 is 0 Å². The normalized spacial score (nSPS) is 22.0. The van der Waals surface area contributed by atoms with Crippen LogP contribution in [-0.2, 0) is 7.05 Å². The highest BCUT2D eigenvalue weighted by Crippen LogP contribution is 2.27. The molecule has 1 saturated heterocycles. The first-order chi connectivity index (χ1) is 8.50. The molecule has 1 fully saturated rings. The van der Waals surface area contributed by atoms with Crippen molar-refractivity contribution in [1.29, 1.82) is 0 Å². The number of rotatable bonds is 2. The summed E-state index contributed by atoms with van der Waals surface area (Å²) in [5.41, 5.74) is 6.43. The summed E-state index contributed by atoms with van der Waals surface area (Å²) in [6.07, 6.45) is 3.86. The summed E-state index contributed by atoms with van der Waals surface area (Å²) < 4.78 is 1.25. The summed E-state index contributed by atoms with van der Waals surface area (Å²) in [4.78, 5) is 13.9. The zero-order chi connectivity index (χ0) is 13.3. The molecule has 0 aromatic carbocycles. The van der Waals surface area contributed by atoms with Crippen LogP contribution in [0.15, 0.2) is 11.0 Å². The average Bonchev–Trinajstić information content (AvgIpc) is 2.36. The second-order valence-electron chi connectivity index (χ2n) is 4.98. The van der Waals surface area contributed by atoms with E-state index in [-0.39, 0.29) is 16.6 Å². The molecule has 5 nitrogen and oxygen atoms in total. The fourth-order valence-corrected chi connectivity index (χ4v) is 2.67. The van der Waals surface area contributed by atoms with Gasteiger partial charge in [-0.25, -0.2) is 4.68 Å². The van der Waals surface area contributed by atoms with Crippen molar-refractivity contribution >= 4 is 17.3 Å². The van der Waals surface area contributed by atoms with Gasteiger partial charge in [0.25, 0.3) is 5.56 Å². The Balaban J connectivity index is 2.26. The highest BCUT2D eigenvalue weighted by Gasteiger charge is 2.25. The number of aromatic nitrogens is 2. The van der Waals surface area contributed by atoms with Crippen molar-refractivity contribution in [2.75, 3.05) is 18.0 Å². The van der Waals surface area contributed by atoms with Crippen LogP contribution >= 0.6 is 11.6 Å². The second-order valence-corrected chi connectivity index (χ2v) is 5.36. The fraction of sp³-hybridized carbons (Fsp3) is 0.667. The van der Waals surface area contributed by atoms with Crippen LogP contribution in [0.1, 0.15) is 19.8 Å². The molecule has 18 heavy (non-hydrogen) atoms. The quantitative estimate of drug-likeness (QED) is 0.871. The van der Waals surface area contributed by atoms with Crippen LogP contribution in [0.3, 0.4) is 0 Å². The van der Waals surface area contributed by atoms with Crippen molar-refractivity contribution in [3.8, 4) is 0 Å². The van der Waals surface area contributed by atoms with E-state index < -0.39 is 0 Å². The number of anilines is 1. The molecule has 0 aliphatic carbocycles. The molecule has 0 bridgehead atoms. The van der Waals surface area contributed by atoms with Gasteiger partial charge in [0.05, 0.1) is 11.9 Å². The van der Waals surface area contributed by atoms with Crippen molar-refractivity contribution in [2.24, 2.45) is 18.7 Å². The Kier molecular flexibility index (Phi) is 3.92. The Bertz CT molecular complexity index is 485. The highest BCUT2D eigenvalue weighted by molar-refractivity contribution is 6.33. The van der Waals surface area contributed by atoms with Crippen molar-refractivity contribution in [1.82, 2.24) is 9.78 Å². The predicted octanol–water partition coefficient (Wildman–Crippen LogP) is 0.997. The summed E-state index contributed by atoms with van der Waals surface area (Å²) in [6, 6.07) is 0.158. The first-order valence-electron chi connectivity index (χ1n) is 6.23. The molecule has 1 aliphatic heterocycles. The molecule has 0 saturated carbocycles. The fourth-order valence-electron chi connectivity index (χ4n) is 2.38. The summed E-state index contributed by atoms with van der Waals surface area (Å²) in [5.74, 6) is 0.443. The lowest BCUT2D eigenvalue weighted by Gasteiger charge is -2.36. The zero-order valence-corrected chi connectivity index (χ0v) is 11.5. The number of nitrogens with zero attached hydrogens (tertiary/aromatic N) is 3. The van der Waals surface area contributed by atoms with E-state index in [9.17, 15) is 4.79 Å². The third kappa shape index (κ3) is 2.52. The maximum atomic E-state index is 11.8. The highest BCUT2D eigenvalue weighted by atomic mass is 35.5. The molecule has 100 valence electrons. The Morgan fingerprint density at radius 1 is 1.61 bits per heavy atom. The molecular formula is C12H19ClN4O. The second kappa shape index (κ2) is 5.28. The monoisotopic (exact) mass is 270 g/mol. The van der Waals surface area contributed by atoms with Crippen molar-refractivity contribution in [3.05, 3.63) is 21.6 Å². The Morgan fingerprint density at radius 3 is 3.00 bits per heavy atom. The molecule has 1 aliphatic rings. The first kappa shape index (κ1) is 13.4. The van der Waals surface area contributed by atoms with Crippen molar-refractivity contribution in [3.63, 3.8) is 0 Å². The van der Waals surface area contributed by atoms with Gasteiger partial charge in [-0.05, 0) is 25.7 Å². The Hall–Kier alpha value is -1.07. The maximum Gasteiger partial charge on any atom is 0.287 e. The van der Waals surface area contributed by atoms with Crippen LogP contribution in [0.5, 0.6) is 0 Å². The minimum absolute atomic E-state index is 0.158.